The molecule has 0 aliphatic carbocycles. The molecule has 0 aliphatic rings. The maximum atomic E-state index is 8.98. The number of aryl methyl sites for hydroxylation is 1. The van der Waals surface area contributed by atoms with Gasteiger partial charge in [0, 0.05) is 11.9 Å². The van der Waals surface area contributed by atoms with Crippen LogP contribution in [0.25, 0.3) is 0 Å². The Hall–Kier alpha value is -1.20. The first-order valence-corrected chi connectivity index (χ1v) is 4.30. The molecular weight excluding hydrogens is 184 g/mol. The molecule has 0 spiro atoms. The van der Waals surface area contributed by atoms with Gasteiger partial charge in [-0.05, 0) is 19.9 Å². The first-order chi connectivity index (χ1) is 6.59. The van der Waals surface area contributed by atoms with Gasteiger partial charge in [-0.15, -0.1) is 0 Å². The molecule has 0 atom stereocenters. The maximum Gasteiger partial charge on any atom is 0.317 e. The van der Waals surface area contributed by atoms with Crippen molar-refractivity contribution in [2.45, 2.75) is 19.4 Å². The van der Waals surface area contributed by atoms with E-state index >= 15 is 0 Å². The van der Waals surface area contributed by atoms with Crippen molar-refractivity contribution in [3.8, 4) is 6.01 Å². The lowest BCUT2D eigenvalue weighted by Crippen LogP contribution is -2.41. The van der Waals surface area contributed by atoms with E-state index in [2.05, 4.69) is 9.97 Å². The lowest BCUT2D eigenvalue weighted by atomic mass is 10.1. The van der Waals surface area contributed by atoms with E-state index in [1.807, 2.05) is 6.92 Å². The second-order valence-corrected chi connectivity index (χ2v) is 3.35. The van der Waals surface area contributed by atoms with Crippen LogP contribution >= 0.6 is 0 Å². The zero-order valence-electron chi connectivity index (χ0n) is 8.27. The van der Waals surface area contributed by atoms with Crippen molar-refractivity contribution in [1.82, 2.24) is 9.97 Å². The van der Waals surface area contributed by atoms with Gasteiger partial charge in [-0.2, -0.15) is 0 Å². The Balaban J connectivity index is 2.77. The van der Waals surface area contributed by atoms with Crippen LogP contribution in [0.5, 0.6) is 6.01 Å². The highest BCUT2D eigenvalue weighted by molar-refractivity contribution is 5.04. The van der Waals surface area contributed by atoms with Gasteiger partial charge in [0.05, 0.1) is 13.2 Å². The predicted octanol–water partition coefficient (Wildman–Crippen LogP) is -0.0929. The van der Waals surface area contributed by atoms with Gasteiger partial charge in [0.15, 0.2) is 5.60 Å². The van der Waals surface area contributed by atoms with Crippen LogP contribution in [0, 0.1) is 6.92 Å². The van der Waals surface area contributed by atoms with Crippen molar-refractivity contribution in [3.05, 3.63) is 18.0 Å². The molecule has 0 unspecified atom stereocenters. The van der Waals surface area contributed by atoms with E-state index in [1.165, 1.54) is 0 Å². The summed E-state index contributed by atoms with van der Waals surface area (Å²) >= 11 is 0. The van der Waals surface area contributed by atoms with E-state index in [1.54, 1.807) is 19.2 Å². The molecule has 1 rings (SSSR count). The first-order valence-electron chi connectivity index (χ1n) is 4.30. The van der Waals surface area contributed by atoms with Crippen molar-refractivity contribution in [1.29, 1.82) is 0 Å². The molecule has 0 bridgehead atoms. The zero-order valence-corrected chi connectivity index (χ0v) is 8.27. The minimum Gasteiger partial charge on any atom is -0.452 e. The summed E-state index contributed by atoms with van der Waals surface area (Å²) in [5.41, 5.74) is -0.262. The fraction of sp³-hybridized carbons (Fsp3) is 0.556. The second kappa shape index (κ2) is 4.34. The van der Waals surface area contributed by atoms with Gasteiger partial charge in [-0.3, -0.25) is 0 Å². The molecule has 1 heterocycles. The molecule has 0 radical (unpaired) electrons. The number of hydrogen-bond donors (Lipinski definition) is 2. The topological polar surface area (TPSA) is 75.5 Å². The fourth-order valence-electron chi connectivity index (χ4n) is 0.810. The van der Waals surface area contributed by atoms with Gasteiger partial charge < -0.3 is 14.9 Å². The van der Waals surface area contributed by atoms with Crippen molar-refractivity contribution in [2.24, 2.45) is 0 Å². The molecule has 0 saturated heterocycles. The van der Waals surface area contributed by atoms with Gasteiger partial charge in [-0.1, -0.05) is 0 Å². The lowest BCUT2D eigenvalue weighted by Gasteiger charge is -2.24. The standard InChI is InChI=1S/C9H14N2O3/c1-7-3-4-10-8(11-7)14-9(2,5-12)6-13/h3-4,12-13H,5-6H2,1-2H3. The Bertz CT molecular complexity index is 300. The molecular formula is C9H14N2O3. The van der Waals surface area contributed by atoms with Crippen molar-refractivity contribution in [3.63, 3.8) is 0 Å². The number of ether oxygens (including phenoxy) is 1. The number of aliphatic hydroxyl groups excluding tert-OH is 2. The Kier molecular flexibility index (Phi) is 3.38. The molecule has 0 saturated carbocycles. The molecule has 0 aliphatic heterocycles. The molecule has 1 aromatic rings. The van der Waals surface area contributed by atoms with Crippen LogP contribution in [0.2, 0.25) is 0 Å². The van der Waals surface area contributed by atoms with Crippen LogP contribution < -0.4 is 4.74 Å². The Morgan fingerprint density at radius 1 is 1.43 bits per heavy atom. The van der Waals surface area contributed by atoms with Crippen molar-refractivity contribution < 1.29 is 14.9 Å². The van der Waals surface area contributed by atoms with Crippen LogP contribution in [0.15, 0.2) is 12.3 Å². The summed E-state index contributed by atoms with van der Waals surface area (Å²) in [6, 6.07) is 1.90. The normalized spacial score (nSPS) is 11.4. The van der Waals surface area contributed by atoms with Crippen LogP contribution in [-0.4, -0.2) is 39.0 Å². The highest BCUT2D eigenvalue weighted by atomic mass is 16.5. The maximum absolute atomic E-state index is 8.98. The molecule has 1 aromatic heterocycles. The summed E-state index contributed by atoms with van der Waals surface area (Å²) in [4.78, 5) is 7.86. The van der Waals surface area contributed by atoms with Crippen molar-refractivity contribution in [2.75, 3.05) is 13.2 Å². The zero-order chi connectivity index (χ0) is 10.6. The quantitative estimate of drug-likeness (QED) is 0.707. The third kappa shape index (κ3) is 2.65. The molecule has 5 nitrogen and oxygen atoms in total. The summed E-state index contributed by atoms with van der Waals surface area (Å²) < 4.78 is 5.26. The van der Waals surface area contributed by atoms with E-state index in [4.69, 9.17) is 14.9 Å². The number of hydrogen-bond acceptors (Lipinski definition) is 5. The SMILES string of the molecule is Cc1ccnc(OC(C)(CO)CO)n1. The van der Waals surface area contributed by atoms with Crippen LogP contribution in [-0.2, 0) is 0 Å². The Labute approximate surface area is 82.4 Å². The molecule has 78 valence electrons. The van der Waals surface area contributed by atoms with Gasteiger partial charge in [0.2, 0.25) is 0 Å². The van der Waals surface area contributed by atoms with Gasteiger partial charge >= 0.3 is 6.01 Å². The summed E-state index contributed by atoms with van der Waals surface area (Å²) in [5, 5.41) is 18.0. The monoisotopic (exact) mass is 198 g/mol. The molecule has 14 heavy (non-hydrogen) atoms. The van der Waals surface area contributed by atoms with Crippen LogP contribution in [0.4, 0.5) is 0 Å². The van der Waals surface area contributed by atoms with E-state index < -0.39 is 5.60 Å². The number of rotatable bonds is 4. The summed E-state index contributed by atoms with van der Waals surface area (Å²) in [6.45, 7) is 2.81. The Morgan fingerprint density at radius 3 is 2.57 bits per heavy atom. The molecule has 2 N–H and O–H groups in total. The van der Waals surface area contributed by atoms with Crippen molar-refractivity contribution >= 4 is 0 Å². The van der Waals surface area contributed by atoms with E-state index in [0.29, 0.717) is 0 Å². The Morgan fingerprint density at radius 2 is 2.07 bits per heavy atom. The second-order valence-electron chi connectivity index (χ2n) is 3.35. The predicted molar refractivity (Wildman–Crippen MR) is 50.0 cm³/mol. The smallest absolute Gasteiger partial charge is 0.317 e. The molecule has 0 aromatic carbocycles. The average molecular weight is 198 g/mol. The summed E-state index contributed by atoms with van der Waals surface area (Å²) in [6.07, 6.45) is 1.56. The number of aliphatic hydroxyl groups is 2. The van der Waals surface area contributed by atoms with Gasteiger partial charge in [-0.25, -0.2) is 9.97 Å². The van der Waals surface area contributed by atoms with E-state index in [9.17, 15) is 0 Å². The third-order valence-corrected chi connectivity index (χ3v) is 1.78. The summed E-state index contributed by atoms with van der Waals surface area (Å²) in [7, 11) is 0. The minimum absolute atomic E-state index is 0.163. The minimum atomic E-state index is -1.03. The lowest BCUT2D eigenvalue weighted by molar-refractivity contribution is -0.0256. The third-order valence-electron chi connectivity index (χ3n) is 1.78. The number of nitrogens with zero attached hydrogens (tertiary/aromatic N) is 2. The largest absolute Gasteiger partial charge is 0.452 e. The van der Waals surface area contributed by atoms with Crippen LogP contribution in [0.3, 0.4) is 0 Å². The molecule has 0 amide bonds. The highest BCUT2D eigenvalue weighted by Crippen LogP contribution is 2.12. The fourth-order valence-corrected chi connectivity index (χ4v) is 0.810. The van der Waals surface area contributed by atoms with Crippen LogP contribution in [0.1, 0.15) is 12.6 Å². The first kappa shape index (κ1) is 10.9. The number of aromatic nitrogens is 2. The average Bonchev–Trinajstić information content (AvgIpc) is 2.18. The van der Waals surface area contributed by atoms with Gasteiger partial charge in [0.25, 0.3) is 0 Å². The summed E-state index contributed by atoms with van der Waals surface area (Å²) in [5.74, 6) is 0. The molecule has 0 fully saturated rings. The van der Waals surface area contributed by atoms with E-state index in [-0.39, 0.29) is 19.2 Å². The highest BCUT2D eigenvalue weighted by Gasteiger charge is 2.25. The van der Waals surface area contributed by atoms with Gasteiger partial charge in [0.1, 0.15) is 0 Å². The molecule has 5 heteroatoms. The van der Waals surface area contributed by atoms with E-state index in [0.717, 1.165) is 5.69 Å².